The van der Waals surface area contributed by atoms with Crippen LogP contribution in [0.5, 0.6) is 0 Å². The van der Waals surface area contributed by atoms with Crippen molar-refractivity contribution in [2.75, 3.05) is 6.54 Å². The minimum atomic E-state index is -4.13. The SMILES string of the molecule is CC1CCCCN1C(F)(F)F. The van der Waals surface area contributed by atoms with Crippen molar-refractivity contribution < 1.29 is 13.2 Å². The number of nitrogens with zero attached hydrogens (tertiary/aromatic N) is 1. The molecular formula is C7H12F3N. The predicted molar refractivity (Wildman–Crippen MR) is 36.1 cm³/mol. The molecule has 0 N–H and O–H groups in total. The van der Waals surface area contributed by atoms with Gasteiger partial charge in [0.25, 0.3) is 0 Å². The predicted octanol–water partition coefficient (Wildman–Crippen LogP) is 2.38. The molecule has 0 saturated carbocycles. The molecule has 1 saturated heterocycles. The summed E-state index contributed by atoms with van der Waals surface area (Å²) in [5.41, 5.74) is 0. The van der Waals surface area contributed by atoms with Crippen molar-refractivity contribution in [2.45, 2.75) is 38.5 Å². The maximum atomic E-state index is 12.1. The average molecular weight is 167 g/mol. The van der Waals surface area contributed by atoms with Gasteiger partial charge in [0.1, 0.15) is 0 Å². The van der Waals surface area contributed by atoms with Gasteiger partial charge in [-0.15, -0.1) is 0 Å². The van der Waals surface area contributed by atoms with Crippen molar-refractivity contribution >= 4 is 0 Å². The first kappa shape index (κ1) is 8.84. The van der Waals surface area contributed by atoms with Crippen molar-refractivity contribution in [1.29, 1.82) is 0 Å². The van der Waals surface area contributed by atoms with Crippen LogP contribution in [0, 0.1) is 0 Å². The third-order valence-electron chi connectivity index (χ3n) is 2.13. The molecule has 1 heterocycles. The van der Waals surface area contributed by atoms with Crippen molar-refractivity contribution in [3.8, 4) is 0 Å². The topological polar surface area (TPSA) is 3.24 Å². The molecular weight excluding hydrogens is 155 g/mol. The summed E-state index contributed by atoms with van der Waals surface area (Å²) in [5, 5.41) is 0. The van der Waals surface area contributed by atoms with Crippen molar-refractivity contribution in [3.63, 3.8) is 0 Å². The highest BCUT2D eigenvalue weighted by Crippen LogP contribution is 2.29. The van der Waals surface area contributed by atoms with Gasteiger partial charge in [-0.25, -0.2) is 4.90 Å². The van der Waals surface area contributed by atoms with Gasteiger partial charge in [-0.05, 0) is 19.8 Å². The number of hydrogen-bond acceptors (Lipinski definition) is 1. The lowest BCUT2D eigenvalue weighted by molar-refractivity contribution is -0.261. The van der Waals surface area contributed by atoms with Crippen LogP contribution in [-0.2, 0) is 0 Å². The van der Waals surface area contributed by atoms with E-state index in [1.165, 1.54) is 0 Å². The molecule has 0 aliphatic carbocycles. The van der Waals surface area contributed by atoms with Crippen LogP contribution in [0.25, 0.3) is 0 Å². The van der Waals surface area contributed by atoms with E-state index in [4.69, 9.17) is 0 Å². The molecule has 1 rings (SSSR count). The molecule has 0 aromatic rings. The van der Waals surface area contributed by atoms with E-state index < -0.39 is 6.30 Å². The fourth-order valence-corrected chi connectivity index (χ4v) is 1.47. The number of alkyl halides is 3. The van der Waals surface area contributed by atoms with Gasteiger partial charge >= 0.3 is 6.30 Å². The third kappa shape index (κ3) is 2.09. The molecule has 0 aromatic heterocycles. The highest BCUT2D eigenvalue weighted by Gasteiger charge is 2.40. The van der Waals surface area contributed by atoms with Gasteiger partial charge < -0.3 is 0 Å². The Hall–Kier alpha value is -0.250. The molecule has 1 unspecified atom stereocenters. The lowest BCUT2D eigenvalue weighted by Gasteiger charge is -2.34. The average Bonchev–Trinajstić information content (AvgIpc) is 1.86. The zero-order valence-corrected chi connectivity index (χ0v) is 6.49. The monoisotopic (exact) mass is 167 g/mol. The molecule has 0 spiro atoms. The lowest BCUT2D eigenvalue weighted by atomic mass is 10.0. The fourth-order valence-electron chi connectivity index (χ4n) is 1.47. The van der Waals surface area contributed by atoms with Crippen molar-refractivity contribution in [1.82, 2.24) is 4.90 Å². The molecule has 1 aliphatic rings. The molecule has 0 amide bonds. The summed E-state index contributed by atoms with van der Waals surface area (Å²) in [7, 11) is 0. The van der Waals surface area contributed by atoms with Gasteiger partial charge in [-0.1, -0.05) is 6.42 Å². The van der Waals surface area contributed by atoms with Gasteiger partial charge in [0, 0.05) is 12.6 Å². The Morgan fingerprint density at radius 1 is 1.27 bits per heavy atom. The van der Waals surface area contributed by atoms with Gasteiger partial charge in [-0.3, -0.25) is 0 Å². The summed E-state index contributed by atoms with van der Waals surface area (Å²) in [5.74, 6) is 0. The van der Waals surface area contributed by atoms with E-state index in [9.17, 15) is 13.2 Å². The first-order chi connectivity index (χ1) is 5.02. The van der Waals surface area contributed by atoms with E-state index in [1.807, 2.05) is 0 Å². The maximum Gasteiger partial charge on any atom is 0.460 e. The van der Waals surface area contributed by atoms with Crippen molar-refractivity contribution in [2.24, 2.45) is 0 Å². The molecule has 1 fully saturated rings. The second-order valence-corrected chi connectivity index (χ2v) is 3.01. The highest BCUT2D eigenvalue weighted by molar-refractivity contribution is 4.74. The number of hydrogen-bond donors (Lipinski definition) is 0. The van der Waals surface area contributed by atoms with Crippen LogP contribution in [0.1, 0.15) is 26.2 Å². The summed E-state index contributed by atoms with van der Waals surface area (Å²) in [4.78, 5) is 0.622. The molecule has 1 atom stereocenters. The highest BCUT2D eigenvalue weighted by atomic mass is 19.4. The zero-order valence-electron chi connectivity index (χ0n) is 6.49. The van der Waals surface area contributed by atoms with Gasteiger partial charge in [-0.2, -0.15) is 13.2 Å². The molecule has 0 bridgehead atoms. The van der Waals surface area contributed by atoms with Gasteiger partial charge in [0.05, 0.1) is 0 Å². The first-order valence-corrected chi connectivity index (χ1v) is 3.85. The van der Waals surface area contributed by atoms with E-state index >= 15 is 0 Å². The Balaban J connectivity index is 2.55. The molecule has 0 aromatic carbocycles. The normalized spacial score (nSPS) is 28.9. The second kappa shape index (κ2) is 3.01. The molecule has 4 heteroatoms. The van der Waals surface area contributed by atoms with Crippen LogP contribution in [0.15, 0.2) is 0 Å². The van der Waals surface area contributed by atoms with Gasteiger partial charge in [0.15, 0.2) is 0 Å². The smallest absolute Gasteiger partial charge is 0.212 e. The Morgan fingerprint density at radius 3 is 2.27 bits per heavy atom. The first-order valence-electron chi connectivity index (χ1n) is 3.85. The Labute approximate surface area is 64.2 Å². The number of piperidine rings is 1. The van der Waals surface area contributed by atoms with Crippen LogP contribution in [0.3, 0.4) is 0 Å². The summed E-state index contributed by atoms with van der Waals surface area (Å²) in [6.07, 6.45) is -1.86. The number of rotatable bonds is 0. The van der Waals surface area contributed by atoms with E-state index in [0.29, 0.717) is 17.7 Å². The van der Waals surface area contributed by atoms with E-state index in [2.05, 4.69) is 0 Å². The molecule has 66 valence electrons. The Morgan fingerprint density at radius 2 is 1.91 bits per heavy atom. The fraction of sp³-hybridized carbons (Fsp3) is 1.00. The van der Waals surface area contributed by atoms with Crippen LogP contribution in [0.2, 0.25) is 0 Å². The summed E-state index contributed by atoms with van der Waals surface area (Å²) in [6.45, 7) is 1.80. The minimum absolute atomic E-state index is 0.171. The van der Waals surface area contributed by atoms with Gasteiger partial charge in [0.2, 0.25) is 0 Å². The lowest BCUT2D eigenvalue weighted by Crippen LogP contribution is -2.46. The van der Waals surface area contributed by atoms with Crippen LogP contribution in [0.4, 0.5) is 13.2 Å². The summed E-state index contributed by atoms with van der Waals surface area (Å²) >= 11 is 0. The Bertz CT molecular complexity index is 132. The standard InChI is InChI=1S/C7H12F3N/c1-6-4-2-3-5-11(6)7(8,9)10/h6H,2-5H2,1H3. The zero-order chi connectivity index (χ0) is 8.48. The molecule has 11 heavy (non-hydrogen) atoms. The molecule has 1 aliphatic heterocycles. The molecule has 0 radical (unpaired) electrons. The van der Waals surface area contributed by atoms with Crippen LogP contribution in [-0.4, -0.2) is 23.8 Å². The van der Waals surface area contributed by atoms with E-state index in [-0.39, 0.29) is 12.6 Å². The van der Waals surface area contributed by atoms with Crippen molar-refractivity contribution in [3.05, 3.63) is 0 Å². The van der Waals surface area contributed by atoms with E-state index in [0.717, 1.165) is 6.42 Å². The number of likely N-dealkylation sites (tertiary alicyclic amines) is 1. The second-order valence-electron chi connectivity index (χ2n) is 3.01. The largest absolute Gasteiger partial charge is 0.460 e. The quantitative estimate of drug-likeness (QED) is 0.501. The van der Waals surface area contributed by atoms with Crippen LogP contribution < -0.4 is 0 Å². The third-order valence-corrected chi connectivity index (χ3v) is 2.13. The maximum absolute atomic E-state index is 12.1. The number of halogens is 3. The summed E-state index contributed by atoms with van der Waals surface area (Å²) in [6, 6.07) is -0.330. The van der Waals surface area contributed by atoms with E-state index in [1.54, 1.807) is 6.92 Å². The summed E-state index contributed by atoms with van der Waals surface area (Å²) < 4.78 is 36.4. The minimum Gasteiger partial charge on any atom is -0.212 e. The molecule has 1 nitrogen and oxygen atoms in total. The van der Waals surface area contributed by atoms with Crippen LogP contribution >= 0.6 is 0 Å². The Kier molecular flexibility index (Phi) is 2.42.